The lowest BCUT2D eigenvalue weighted by molar-refractivity contribution is -0.128. The van der Waals surface area contributed by atoms with Gasteiger partial charge in [0.25, 0.3) is 0 Å². The zero-order valence-corrected chi connectivity index (χ0v) is 21.3. The third kappa shape index (κ3) is 5.85. The molecule has 0 aliphatic rings. The van der Waals surface area contributed by atoms with Crippen LogP contribution in [0, 0.1) is 6.92 Å². The molecule has 1 heterocycles. The van der Waals surface area contributed by atoms with E-state index in [2.05, 4.69) is 0 Å². The molecular formula is C32H23ClO5. The molecule has 0 amide bonds. The molecule has 6 heteroatoms. The highest BCUT2D eigenvalue weighted by Gasteiger charge is 2.14. The van der Waals surface area contributed by atoms with Crippen molar-refractivity contribution >= 4 is 34.6 Å². The van der Waals surface area contributed by atoms with Gasteiger partial charge in [0.2, 0.25) is 0 Å². The van der Waals surface area contributed by atoms with Crippen molar-refractivity contribution in [3.63, 3.8) is 0 Å². The Bertz CT molecular complexity index is 1670. The number of ether oxygens (including phenoxy) is 2. The third-order valence-electron chi connectivity index (χ3n) is 6.02. The minimum absolute atomic E-state index is 0.325. The summed E-state index contributed by atoms with van der Waals surface area (Å²) in [6.45, 7) is 2.19. The Morgan fingerprint density at radius 2 is 1.66 bits per heavy atom. The van der Waals surface area contributed by atoms with E-state index in [1.807, 2.05) is 78.9 Å². The van der Waals surface area contributed by atoms with Crippen LogP contribution in [0.2, 0.25) is 5.02 Å². The van der Waals surface area contributed by atoms with E-state index in [-0.39, 0.29) is 0 Å². The summed E-state index contributed by atoms with van der Waals surface area (Å²) in [5.74, 6) is 0.492. The molecule has 0 saturated heterocycles. The number of aryl methyl sites for hydroxylation is 1. The summed E-state index contributed by atoms with van der Waals surface area (Å²) in [4.78, 5) is 24.8. The summed E-state index contributed by atoms with van der Waals surface area (Å²) in [6, 6.07) is 29.4. The highest BCUT2D eigenvalue weighted by atomic mass is 35.5. The van der Waals surface area contributed by atoms with Gasteiger partial charge in [-0.2, -0.15) is 0 Å². The van der Waals surface area contributed by atoms with Crippen LogP contribution in [-0.2, 0) is 11.4 Å². The molecule has 5 rings (SSSR count). The molecular weight excluding hydrogens is 500 g/mol. The van der Waals surface area contributed by atoms with Crippen molar-refractivity contribution in [2.45, 2.75) is 13.5 Å². The van der Waals surface area contributed by atoms with E-state index < -0.39 is 11.6 Å². The molecule has 5 nitrogen and oxygen atoms in total. The largest absolute Gasteiger partial charge is 0.489 e. The van der Waals surface area contributed by atoms with Gasteiger partial charge >= 0.3 is 11.6 Å². The van der Waals surface area contributed by atoms with Crippen LogP contribution in [0.4, 0.5) is 0 Å². The lowest BCUT2D eigenvalue weighted by Crippen LogP contribution is -2.06. The average Bonchev–Trinajstić information content (AvgIpc) is 2.94. The predicted molar refractivity (Wildman–Crippen MR) is 150 cm³/mol. The molecule has 0 bridgehead atoms. The smallest absolute Gasteiger partial charge is 0.336 e. The average molecular weight is 523 g/mol. The lowest BCUT2D eigenvalue weighted by atomic mass is 10.0. The highest BCUT2D eigenvalue weighted by Crippen LogP contribution is 2.33. The highest BCUT2D eigenvalue weighted by molar-refractivity contribution is 6.30. The second-order valence-corrected chi connectivity index (χ2v) is 9.09. The van der Waals surface area contributed by atoms with Gasteiger partial charge < -0.3 is 13.9 Å². The van der Waals surface area contributed by atoms with Crippen LogP contribution in [0.15, 0.2) is 112 Å². The normalized spacial score (nSPS) is 11.1. The fourth-order valence-corrected chi connectivity index (χ4v) is 4.17. The number of esters is 1. The second-order valence-electron chi connectivity index (χ2n) is 8.65. The standard InChI is InChI=1S/C32H23ClO5/c1-21-29(17-16-27-28(19-31(35)38-32(21)27)24-5-3-2-4-6-24)37-30(34)18-11-22-9-14-26(15-10-22)36-20-23-7-12-25(33)13-8-23/h2-19H,20H2,1H3. The van der Waals surface area contributed by atoms with Crippen molar-refractivity contribution in [3.05, 3.63) is 135 Å². The first-order valence-corrected chi connectivity index (χ1v) is 12.3. The quantitative estimate of drug-likeness (QED) is 0.0951. The molecule has 5 aromatic rings. The Balaban J connectivity index is 1.27. The van der Waals surface area contributed by atoms with Crippen LogP contribution in [-0.4, -0.2) is 5.97 Å². The van der Waals surface area contributed by atoms with Gasteiger partial charge in [0.15, 0.2) is 0 Å². The first-order chi connectivity index (χ1) is 18.5. The number of halogens is 1. The summed E-state index contributed by atoms with van der Waals surface area (Å²) < 4.78 is 16.8. The number of fused-ring (bicyclic) bond motifs is 1. The monoisotopic (exact) mass is 522 g/mol. The van der Waals surface area contributed by atoms with Crippen molar-refractivity contribution in [3.8, 4) is 22.6 Å². The molecule has 0 fully saturated rings. The lowest BCUT2D eigenvalue weighted by Gasteiger charge is -2.11. The molecule has 0 N–H and O–H groups in total. The summed E-state index contributed by atoms with van der Waals surface area (Å²) in [5, 5.41) is 1.45. The van der Waals surface area contributed by atoms with Gasteiger partial charge in [0.1, 0.15) is 23.7 Å². The Labute approximate surface area is 224 Å². The number of benzene rings is 4. The number of hydrogen-bond donors (Lipinski definition) is 0. The minimum Gasteiger partial charge on any atom is -0.489 e. The summed E-state index contributed by atoms with van der Waals surface area (Å²) >= 11 is 5.91. The molecule has 0 aliphatic carbocycles. The molecule has 188 valence electrons. The molecule has 0 atom stereocenters. The molecule has 0 radical (unpaired) electrons. The summed E-state index contributed by atoms with van der Waals surface area (Å²) in [7, 11) is 0. The Hall–Kier alpha value is -4.61. The van der Waals surface area contributed by atoms with Crippen LogP contribution < -0.4 is 15.1 Å². The van der Waals surface area contributed by atoms with Gasteiger partial charge in [-0.1, -0.05) is 66.2 Å². The van der Waals surface area contributed by atoms with E-state index in [9.17, 15) is 9.59 Å². The van der Waals surface area contributed by atoms with Crippen LogP contribution in [0.3, 0.4) is 0 Å². The van der Waals surface area contributed by atoms with Gasteiger partial charge in [-0.25, -0.2) is 9.59 Å². The SMILES string of the molecule is Cc1c(OC(=O)C=Cc2ccc(OCc3ccc(Cl)cc3)cc2)ccc2c(-c3ccccc3)cc(=O)oc12. The van der Waals surface area contributed by atoms with Crippen molar-refractivity contribution in [2.24, 2.45) is 0 Å². The molecule has 0 aliphatic heterocycles. The second kappa shape index (κ2) is 11.2. The topological polar surface area (TPSA) is 65.7 Å². The summed E-state index contributed by atoms with van der Waals surface area (Å²) in [5.41, 5.74) is 3.98. The predicted octanol–water partition coefficient (Wildman–Crippen LogP) is 7.62. The van der Waals surface area contributed by atoms with Crippen molar-refractivity contribution in [1.82, 2.24) is 0 Å². The van der Waals surface area contributed by atoms with Crippen LogP contribution >= 0.6 is 11.6 Å². The fraction of sp³-hybridized carbons (Fsp3) is 0.0625. The van der Waals surface area contributed by atoms with Gasteiger partial charge in [0.05, 0.1) is 0 Å². The molecule has 0 spiro atoms. The first kappa shape index (κ1) is 25.1. The first-order valence-electron chi connectivity index (χ1n) is 12.0. The molecule has 0 saturated carbocycles. The minimum atomic E-state index is -0.544. The van der Waals surface area contributed by atoms with Crippen LogP contribution in [0.1, 0.15) is 16.7 Å². The third-order valence-corrected chi connectivity index (χ3v) is 6.27. The zero-order valence-electron chi connectivity index (χ0n) is 20.5. The van der Waals surface area contributed by atoms with E-state index in [1.54, 1.807) is 25.1 Å². The van der Waals surface area contributed by atoms with E-state index in [0.29, 0.717) is 34.3 Å². The number of hydrogen-bond acceptors (Lipinski definition) is 5. The molecule has 1 aromatic heterocycles. The maximum absolute atomic E-state index is 12.5. The fourth-order valence-electron chi connectivity index (χ4n) is 4.04. The number of rotatable bonds is 7. The summed E-state index contributed by atoms with van der Waals surface area (Å²) in [6.07, 6.45) is 3.01. The van der Waals surface area contributed by atoms with E-state index in [1.165, 1.54) is 12.1 Å². The molecule has 4 aromatic carbocycles. The zero-order chi connectivity index (χ0) is 26.5. The Morgan fingerprint density at radius 1 is 0.921 bits per heavy atom. The molecule has 38 heavy (non-hydrogen) atoms. The van der Waals surface area contributed by atoms with E-state index in [4.69, 9.17) is 25.5 Å². The van der Waals surface area contributed by atoms with Gasteiger partial charge in [-0.3, -0.25) is 0 Å². The van der Waals surface area contributed by atoms with E-state index in [0.717, 1.165) is 27.6 Å². The van der Waals surface area contributed by atoms with E-state index >= 15 is 0 Å². The number of carbonyl (C=O) groups is 1. The van der Waals surface area contributed by atoms with Crippen molar-refractivity contribution in [1.29, 1.82) is 0 Å². The van der Waals surface area contributed by atoms with Crippen LogP contribution in [0.5, 0.6) is 11.5 Å². The maximum Gasteiger partial charge on any atom is 0.336 e. The maximum atomic E-state index is 12.5. The van der Waals surface area contributed by atoms with Crippen LogP contribution in [0.25, 0.3) is 28.2 Å². The van der Waals surface area contributed by atoms with Crippen molar-refractivity contribution in [2.75, 3.05) is 0 Å². The van der Waals surface area contributed by atoms with Gasteiger partial charge in [-0.15, -0.1) is 0 Å². The Morgan fingerprint density at radius 3 is 2.39 bits per heavy atom. The molecule has 0 unspecified atom stereocenters. The Kier molecular flexibility index (Phi) is 7.38. The van der Waals surface area contributed by atoms with Gasteiger partial charge in [-0.05, 0) is 71.7 Å². The van der Waals surface area contributed by atoms with Gasteiger partial charge in [0, 0.05) is 28.1 Å². The number of carbonyl (C=O) groups excluding carboxylic acids is 1. The van der Waals surface area contributed by atoms with Crippen molar-refractivity contribution < 1.29 is 18.7 Å².